The minimum Gasteiger partial charge on any atom is -0.455 e. The standard InChI is InChI=1S/C57H40N2O/c1-57(2)49-20-10-6-16-43(49)44-33-28-39(36-50(44)57)37-24-29-41(30-25-37)58(40-14-4-3-5-15-40)53-35-34-48-47-19-9-13-23-54(47)60-56(48)55(53)38-26-31-42(32-27-38)59-51-21-11-7-17-45(51)46-18-8-12-22-52(46)59/h3-36H,1-2H3. The molecular formula is C57H40N2O. The number of hydrogen-bond donors (Lipinski definition) is 0. The minimum absolute atomic E-state index is 0.0562. The second kappa shape index (κ2) is 13.2. The lowest BCUT2D eigenvalue weighted by atomic mass is 9.81. The summed E-state index contributed by atoms with van der Waals surface area (Å²) in [6.07, 6.45) is 0. The van der Waals surface area contributed by atoms with E-state index in [4.69, 9.17) is 4.42 Å². The van der Waals surface area contributed by atoms with Crippen molar-refractivity contribution >= 4 is 60.8 Å². The molecule has 60 heavy (non-hydrogen) atoms. The summed E-state index contributed by atoms with van der Waals surface area (Å²) in [4.78, 5) is 2.37. The Balaban J connectivity index is 1.01. The molecule has 2 aromatic heterocycles. The van der Waals surface area contributed by atoms with Crippen molar-refractivity contribution in [1.82, 2.24) is 4.57 Å². The number of furan rings is 1. The quantitative estimate of drug-likeness (QED) is 0.168. The van der Waals surface area contributed by atoms with Gasteiger partial charge in [0.2, 0.25) is 0 Å². The summed E-state index contributed by atoms with van der Waals surface area (Å²) in [5, 5.41) is 4.71. The molecule has 1 aliphatic carbocycles. The van der Waals surface area contributed by atoms with Crippen molar-refractivity contribution < 1.29 is 4.42 Å². The molecule has 11 aromatic rings. The first-order chi connectivity index (χ1) is 29.5. The van der Waals surface area contributed by atoms with Crippen LogP contribution >= 0.6 is 0 Å². The second-order valence-corrected chi connectivity index (χ2v) is 16.5. The van der Waals surface area contributed by atoms with Crippen LogP contribution < -0.4 is 4.90 Å². The van der Waals surface area contributed by atoms with Crippen LogP contribution in [0.25, 0.3) is 82.8 Å². The van der Waals surface area contributed by atoms with E-state index < -0.39 is 0 Å². The molecule has 0 atom stereocenters. The molecule has 9 aromatic carbocycles. The maximum Gasteiger partial charge on any atom is 0.145 e. The number of fused-ring (bicyclic) bond motifs is 9. The molecule has 0 unspecified atom stereocenters. The van der Waals surface area contributed by atoms with Crippen LogP contribution in [0.15, 0.2) is 211 Å². The monoisotopic (exact) mass is 768 g/mol. The Morgan fingerprint density at radius 1 is 0.433 bits per heavy atom. The molecule has 0 saturated heterocycles. The zero-order valence-corrected chi connectivity index (χ0v) is 33.4. The molecule has 0 N–H and O–H groups in total. The molecule has 0 aliphatic heterocycles. The van der Waals surface area contributed by atoms with Crippen LogP contribution in [0.4, 0.5) is 17.1 Å². The van der Waals surface area contributed by atoms with Gasteiger partial charge in [0.25, 0.3) is 0 Å². The van der Waals surface area contributed by atoms with E-state index in [0.29, 0.717) is 0 Å². The maximum absolute atomic E-state index is 6.84. The fourth-order valence-corrected chi connectivity index (χ4v) is 9.91. The predicted molar refractivity (Wildman–Crippen MR) is 251 cm³/mol. The molecule has 0 amide bonds. The number of nitrogens with zero attached hydrogens (tertiary/aromatic N) is 2. The van der Waals surface area contributed by atoms with Gasteiger partial charge >= 0.3 is 0 Å². The van der Waals surface area contributed by atoms with Gasteiger partial charge in [-0.3, -0.25) is 0 Å². The average Bonchev–Trinajstić information content (AvgIpc) is 3.92. The molecule has 0 radical (unpaired) electrons. The van der Waals surface area contributed by atoms with Crippen LogP contribution in [0.2, 0.25) is 0 Å². The summed E-state index contributed by atoms with van der Waals surface area (Å²) in [6.45, 7) is 4.69. The molecule has 12 rings (SSSR count). The van der Waals surface area contributed by atoms with E-state index in [2.05, 4.69) is 224 Å². The number of anilines is 3. The number of rotatable bonds is 6. The zero-order valence-electron chi connectivity index (χ0n) is 33.4. The van der Waals surface area contributed by atoms with Gasteiger partial charge in [-0.2, -0.15) is 0 Å². The molecule has 0 saturated carbocycles. The predicted octanol–water partition coefficient (Wildman–Crippen LogP) is 15.8. The van der Waals surface area contributed by atoms with Crippen molar-refractivity contribution in [2.45, 2.75) is 19.3 Å². The fraction of sp³-hybridized carbons (Fsp3) is 0.0526. The van der Waals surface area contributed by atoms with Gasteiger partial charge in [-0.15, -0.1) is 0 Å². The lowest BCUT2D eigenvalue weighted by Gasteiger charge is -2.28. The van der Waals surface area contributed by atoms with E-state index in [1.54, 1.807) is 0 Å². The third-order valence-corrected chi connectivity index (χ3v) is 12.8. The first-order valence-electron chi connectivity index (χ1n) is 20.8. The topological polar surface area (TPSA) is 21.3 Å². The molecule has 284 valence electrons. The third kappa shape index (κ3) is 5.15. The lowest BCUT2D eigenvalue weighted by Crippen LogP contribution is -2.14. The Kier molecular flexibility index (Phi) is 7.58. The van der Waals surface area contributed by atoms with E-state index in [-0.39, 0.29) is 5.41 Å². The van der Waals surface area contributed by atoms with E-state index in [9.17, 15) is 0 Å². The molecule has 0 fully saturated rings. The van der Waals surface area contributed by atoms with Gasteiger partial charge in [-0.05, 0) is 112 Å². The number of aromatic nitrogens is 1. The maximum atomic E-state index is 6.84. The number of para-hydroxylation sites is 4. The van der Waals surface area contributed by atoms with Crippen molar-refractivity contribution in [3.05, 3.63) is 217 Å². The molecule has 2 heterocycles. The van der Waals surface area contributed by atoms with Crippen molar-refractivity contribution in [2.75, 3.05) is 4.90 Å². The largest absolute Gasteiger partial charge is 0.455 e. The van der Waals surface area contributed by atoms with Gasteiger partial charge in [0.1, 0.15) is 11.2 Å². The van der Waals surface area contributed by atoms with E-state index >= 15 is 0 Å². The van der Waals surface area contributed by atoms with Gasteiger partial charge in [-0.1, -0.05) is 147 Å². The highest BCUT2D eigenvalue weighted by Crippen LogP contribution is 2.50. The molecule has 0 bridgehead atoms. The minimum atomic E-state index is -0.0562. The van der Waals surface area contributed by atoms with Crippen molar-refractivity contribution in [2.24, 2.45) is 0 Å². The molecule has 3 nitrogen and oxygen atoms in total. The van der Waals surface area contributed by atoms with Gasteiger partial charge in [0.05, 0.1) is 16.7 Å². The highest BCUT2D eigenvalue weighted by molar-refractivity contribution is 6.13. The Morgan fingerprint density at radius 2 is 1.02 bits per heavy atom. The van der Waals surface area contributed by atoms with Crippen LogP contribution in [0, 0.1) is 0 Å². The zero-order chi connectivity index (χ0) is 40.0. The Bertz CT molecular complexity index is 3390. The van der Waals surface area contributed by atoms with Crippen LogP contribution in [-0.4, -0.2) is 4.57 Å². The fourth-order valence-electron chi connectivity index (χ4n) is 9.91. The SMILES string of the molecule is CC1(C)c2ccccc2-c2ccc(-c3ccc(N(c4ccccc4)c4ccc5c(oc6ccccc65)c4-c4ccc(-n5c6ccccc6c6ccccc65)cc4)cc3)cc21. The number of benzene rings is 9. The first-order valence-corrected chi connectivity index (χ1v) is 20.8. The van der Waals surface area contributed by atoms with Gasteiger partial charge in [0.15, 0.2) is 0 Å². The molecular weight excluding hydrogens is 729 g/mol. The molecule has 0 spiro atoms. The van der Waals surface area contributed by atoms with E-state index in [0.717, 1.165) is 55.8 Å². The lowest BCUT2D eigenvalue weighted by molar-refractivity contribution is 0.660. The summed E-state index contributed by atoms with van der Waals surface area (Å²) in [5.41, 5.74) is 18.4. The summed E-state index contributed by atoms with van der Waals surface area (Å²) < 4.78 is 9.21. The highest BCUT2D eigenvalue weighted by atomic mass is 16.3. The average molecular weight is 769 g/mol. The normalized spacial score (nSPS) is 13.0. The molecule has 3 heteroatoms. The van der Waals surface area contributed by atoms with Crippen LogP contribution in [-0.2, 0) is 5.41 Å². The summed E-state index contributed by atoms with van der Waals surface area (Å²) in [7, 11) is 0. The van der Waals surface area contributed by atoms with Gasteiger partial charge < -0.3 is 13.9 Å². The summed E-state index contributed by atoms with van der Waals surface area (Å²) >= 11 is 0. The second-order valence-electron chi connectivity index (χ2n) is 16.5. The van der Waals surface area contributed by atoms with Gasteiger partial charge in [0, 0.05) is 49.6 Å². The van der Waals surface area contributed by atoms with E-state index in [1.165, 1.54) is 55.2 Å². The van der Waals surface area contributed by atoms with Crippen LogP contribution in [0.5, 0.6) is 0 Å². The van der Waals surface area contributed by atoms with Crippen LogP contribution in [0.1, 0.15) is 25.0 Å². The van der Waals surface area contributed by atoms with Crippen LogP contribution in [0.3, 0.4) is 0 Å². The summed E-state index contributed by atoms with van der Waals surface area (Å²) in [6, 6.07) is 74.7. The van der Waals surface area contributed by atoms with Crippen molar-refractivity contribution in [3.8, 4) is 39.1 Å². The Labute approximate surface area is 349 Å². The number of hydrogen-bond acceptors (Lipinski definition) is 2. The molecule has 1 aliphatic rings. The first kappa shape index (κ1) is 34.4. The smallest absolute Gasteiger partial charge is 0.145 e. The Hall–Kier alpha value is -7.62. The summed E-state index contributed by atoms with van der Waals surface area (Å²) in [5.74, 6) is 0. The van der Waals surface area contributed by atoms with Crippen molar-refractivity contribution in [3.63, 3.8) is 0 Å². The third-order valence-electron chi connectivity index (χ3n) is 12.8. The van der Waals surface area contributed by atoms with E-state index in [1.807, 2.05) is 6.07 Å². The van der Waals surface area contributed by atoms with Crippen molar-refractivity contribution in [1.29, 1.82) is 0 Å². The van der Waals surface area contributed by atoms with Gasteiger partial charge in [-0.25, -0.2) is 0 Å². The highest BCUT2D eigenvalue weighted by Gasteiger charge is 2.35. The Morgan fingerprint density at radius 3 is 1.77 bits per heavy atom.